The maximum Gasteiger partial charge on any atom is 0.253 e. The monoisotopic (exact) mass is 394 g/mol. The number of carbonyl (C=O) groups excluding carboxylic acids is 1. The summed E-state index contributed by atoms with van der Waals surface area (Å²) in [6.07, 6.45) is 2.57. The molecule has 4 nitrogen and oxygen atoms in total. The van der Waals surface area contributed by atoms with Crippen LogP contribution in [0.4, 0.5) is 0 Å². The molecule has 0 spiro atoms. The van der Waals surface area contributed by atoms with E-state index in [1.165, 1.54) is 0 Å². The molecule has 2 heterocycles. The predicted molar refractivity (Wildman–Crippen MR) is 88.3 cm³/mol. The maximum atomic E-state index is 12.4. The summed E-state index contributed by atoms with van der Waals surface area (Å²) in [7, 11) is 0. The first kappa shape index (κ1) is 14.3. The van der Waals surface area contributed by atoms with Gasteiger partial charge in [-0.05, 0) is 52.9 Å². The number of amides is 1. The van der Waals surface area contributed by atoms with Crippen LogP contribution in [0.2, 0.25) is 0 Å². The van der Waals surface area contributed by atoms with Crippen LogP contribution in [0.3, 0.4) is 0 Å². The van der Waals surface area contributed by atoms with Gasteiger partial charge in [0.25, 0.3) is 5.91 Å². The lowest BCUT2D eigenvalue weighted by molar-refractivity contribution is 0.0771. The zero-order valence-corrected chi connectivity index (χ0v) is 13.6. The highest BCUT2D eigenvalue weighted by Gasteiger charge is 2.28. The van der Waals surface area contributed by atoms with Gasteiger partial charge in [0.2, 0.25) is 5.88 Å². The zero-order chi connectivity index (χ0) is 14.7. The fraction of sp³-hybridized carbons (Fsp3) is 0.250. The number of benzene rings is 1. The molecule has 5 heteroatoms. The van der Waals surface area contributed by atoms with Crippen LogP contribution in [0.15, 0.2) is 48.7 Å². The number of nitrogens with zero attached hydrogens (tertiary/aromatic N) is 2. The minimum atomic E-state index is 0.0210. The van der Waals surface area contributed by atoms with Crippen LogP contribution in [0.1, 0.15) is 16.8 Å². The van der Waals surface area contributed by atoms with Crippen molar-refractivity contribution >= 4 is 28.5 Å². The Bertz CT molecular complexity index is 616. The standard InChI is InChI=1S/C16H15IN2O2/c17-13-6-4-12(5-7-13)16(20)19-10-8-14(11-19)21-15-3-1-2-9-18-15/h1-7,9,14H,8,10-11H2. The van der Waals surface area contributed by atoms with E-state index in [9.17, 15) is 4.79 Å². The summed E-state index contributed by atoms with van der Waals surface area (Å²) in [6.45, 7) is 1.34. The molecule has 0 bridgehead atoms. The first-order chi connectivity index (χ1) is 10.2. The van der Waals surface area contributed by atoms with E-state index < -0.39 is 0 Å². The molecule has 2 aromatic rings. The van der Waals surface area contributed by atoms with Crippen LogP contribution in [0, 0.1) is 3.57 Å². The largest absolute Gasteiger partial charge is 0.472 e. The highest BCUT2D eigenvalue weighted by Crippen LogP contribution is 2.18. The Balaban J connectivity index is 1.61. The molecular weight excluding hydrogens is 379 g/mol. The van der Waals surface area contributed by atoms with E-state index in [4.69, 9.17) is 4.74 Å². The molecule has 0 saturated carbocycles. The molecule has 1 amide bonds. The van der Waals surface area contributed by atoms with E-state index in [0.717, 1.165) is 22.1 Å². The number of hydrogen-bond acceptors (Lipinski definition) is 3. The molecule has 1 aromatic heterocycles. The van der Waals surface area contributed by atoms with Gasteiger partial charge >= 0.3 is 0 Å². The molecule has 108 valence electrons. The van der Waals surface area contributed by atoms with Gasteiger partial charge in [0.1, 0.15) is 6.10 Å². The van der Waals surface area contributed by atoms with Gasteiger partial charge in [-0.15, -0.1) is 0 Å². The van der Waals surface area contributed by atoms with Gasteiger partial charge in [-0.25, -0.2) is 4.98 Å². The third-order valence-electron chi connectivity index (χ3n) is 3.45. The van der Waals surface area contributed by atoms with E-state index in [1.54, 1.807) is 6.20 Å². The molecule has 1 atom stereocenters. The minimum absolute atomic E-state index is 0.0210. The first-order valence-electron chi connectivity index (χ1n) is 6.85. The number of hydrogen-bond donors (Lipinski definition) is 0. The van der Waals surface area contributed by atoms with Gasteiger partial charge in [-0.1, -0.05) is 6.07 Å². The summed E-state index contributed by atoms with van der Waals surface area (Å²) in [5.41, 5.74) is 0.730. The Morgan fingerprint density at radius 1 is 1.24 bits per heavy atom. The quantitative estimate of drug-likeness (QED) is 0.752. The van der Waals surface area contributed by atoms with E-state index in [0.29, 0.717) is 12.4 Å². The molecule has 21 heavy (non-hydrogen) atoms. The average molecular weight is 394 g/mol. The van der Waals surface area contributed by atoms with Crippen molar-refractivity contribution in [1.29, 1.82) is 0 Å². The Morgan fingerprint density at radius 2 is 2.05 bits per heavy atom. The lowest BCUT2D eigenvalue weighted by Gasteiger charge is -2.17. The number of halogens is 1. The summed E-state index contributed by atoms with van der Waals surface area (Å²) in [5.74, 6) is 0.685. The van der Waals surface area contributed by atoms with Crippen molar-refractivity contribution in [2.45, 2.75) is 12.5 Å². The summed E-state index contributed by atoms with van der Waals surface area (Å²) >= 11 is 2.23. The van der Waals surface area contributed by atoms with Crippen molar-refractivity contribution in [1.82, 2.24) is 9.88 Å². The van der Waals surface area contributed by atoms with Crippen molar-refractivity contribution in [3.05, 3.63) is 57.8 Å². The summed E-state index contributed by atoms with van der Waals surface area (Å²) in [6, 6.07) is 13.2. The number of aromatic nitrogens is 1. The smallest absolute Gasteiger partial charge is 0.253 e. The lowest BCUT2D eigenvalue weighted by atomic mass is 10.2. The predicted octanol–water partition coefficient (Wildman–Crippen LogP) is 2.98. The van der Waals surface area contributed by atoms with Gasteiger partial charge < -0.3 is 9.64 Å². The fourth-order valence-electron chi connectivity index (χ4n) is 2.37. The van der Waals surface area contributed by atoms with Crippen molar-refractivity contribution < 1.29 is 9.53 Å². The highest BCUT2D eigenvalue weighted by molar-refractivity contribution is 14.1. The summed E-state index contributed by atoms with van der Waals surface area (Å²) in [4.78, 5) is 18.4. The van der Waals surface area contributed by atoms with Gasteiger partial charge in [0.05, 0.1) is 6.54 Å². The number of rotatable bonds is 3. The second-order valence-corrected chi connectivity index (χ2v) is 6.20. The Kier molecular flexibility index (Phi) is 4.38. The first-order valence-corrected chi connectivity index (χ1v) is 7.93. The zero-order valence-electron chi connectivity index (χ0n) is 11.4. The summed E-state index contributed by atoms with van der Waals surface area (Å²) < 4.78 is 6.93. The third-order valence-corrected chi connectivity index (χ3v) is 4.17. The van der Waals surface area contributed by atoms with Crippen molar-refractivity contribution in [2.75, 3.05) is 13.1 Å². The molecular formula is C16H15IN2O2. The molecule has 1 saturated heterocycles. The number of carbonyl (C=O) groups is 1. The fourth-order valence-corrected chi connectivity index (χ4v) is 2.73. The van der Waals surface area contributed by atoms with Crippen LogP contribution in [0.25, 0.3) is 0 Å². The van der Waals surface area contributed by atoms with Gasteiger partial charge in [-0.3, -0.25) is 4.79 Å². The van der Waals surface area contributed by atoms with Gasteiger partial charge in [0.15, 0.2) is 0 Å². The molecule has 1 aromatic carbocycles. The second kappa shape index (κ2) is 6.43. The Hall–Kier alpha value is -1.63. The van der Waals surface area contributed by atoms with Crippen molar-refractivity contribution in [3.8, 4) is 5.88 Å². The topological polar surface area (TPSA) is 42.4 Å². The molecule has 1 fully saturated rings. The third kappa shape index (κ3) is 3.53. The van der Waals surface area contributed by atoms with Crippen LogP contribution < -0.4 is 4.74 Å². The minimum Gasteiger partial charge on any atom is -0.472 e. The maximum absolute atomic E-state index is 12.4. The van der Waals surface area contributed by atoms with Crippen LogP contribution in [-0.2, 0) is 0 Å². The molecule has 0 aliphatic carbocycles. The Morgan fingerprint density at radius 3 is 2.76 bits per heavy atom. The normalized spacial score (nSPS) is 17.8. The average Bonchev–Trinajstić information content (AvgIpc) is 2.97. The van der Waals surface area contributed by atoms with Crippen molar-refractivity contribution in [2.24, 2.45) is 0 Å². The molecule has 3 rings (SSSR count). The second-order valence-electron chi connectivity index (χ2n) is 4.95. The van der Waals surface area contributed by atoms with Crippen LogP contribution >= 0.6 is 22.6 Å². The molecule has 1 aliphatic rings. The van der Waals surface area contributed by atoms with Gasteiger partial charge in [-0.2, -0.15) is 0 Å². The number of likely N-dealkylation sites (tertiary alicyclic amines) is 1. The summed E-state index contributed by atoms with van der Waals surface area (Å²) in [5, 5.41) is 0. The highest BCUT2D eigenvalue weighted by atomic mass is 127. The van der Waals surface area contributed by atoms with E-state index in [-0.39, 0.29) is 12.0 Å². The van der Waals surface area contributed by atoms with Gasteiger partial charge in [0, 0.05) is 34.4 Å². The lowest BCUT2D eigenvalue weighted by Crippen LogP contribution is -2.31. The molecule has 0 N–H and O–H groups in total. The van der Waals surface area contributed by atoms with Crippen molar-refractivity contribution in [3.63, 3.8) is 0 Å². The number of ether oxygens (including phenoxy) is 1. The Labute approximate surface area is 137 Å². The molecule has 1 aliphatic heterocycles. The van der Waals surface area contributed by atoms with Crippen LogP contribution in [-0.4, -0.2) is 35.0 Å². The SMILES string of the molecule is O=C(c1ccc(I)cc1)N1CCC(Oc2ccccn2)C1. The number of pyridine rings is 1. The van der Waals surface area contributed by atoms with Crippen LogP contribution in [0.5, 0.6) is 5.88 Å². The van der Waals surface area contributed by atoms with E-state index >= 15 is 0 Å². The van der Waals surface area contributed by atoms with E-state index in [1.807, 2.05) is 47.4 Å². The molecule has 1 unspecified atom stereocenters. The molecule has 0 radical (unpaired) electrons. The van der Waals surface area contributed by atoms with E-state index in [2.05, 4.69) is 27.6 Å².